The van der Waals surface area contributed by atoms with Crippen molar-refractivity contribution < 1.29 is 13.9 Å². The molecule has 3 heterocycles. The van der Waals surface area contributed by atoms with E-state index >= 15 is 0 Å². The summed E-state index contributed by atoms with van der Waals surface area (Å²) in [5.41, 5.74) is 2.88. The van der Waals surface area contributed by atoms with E-state index < -0.39 is 0 Å². The Kier molecular flexibility index (Phi) is 5.09. The van der Waals surface area contributed by atoms with Gasteiger partial charge in [-0.2, -0.15) is 0 Å². The molecule has 7 nitrogen and oxygen atoms in total. The molecule has 0 aliphatic heterocycles. The van der Waals surface area contributed by atoms with Gasteiger partial charge in [-0.05, 0) is 50.4 Å². The first-order chi connectivity index (χ1) is 15.6. The normalized spacial score (nSPS) is 11.2. The quantitative estimate of drug-likeness (QED) is 0.386. The molecule has 1 N–H and O–H groups in total. The Morgan fingerprint density at radius 3 is 2.62 bits per heavy atom. The molecule has 0 unspecified atom stereocenters. The maximum absolute atomic E-state index is 12.4. The molecule has 5 rings (SSSR count). The van der Waals surface area contributed by atoms with E-state index in [1.165, 1.54) is 0 Å². The van der Waals surface area contributed by atoms with Crippen molar-refractivity contribution in [2.75, 3.05) is 13.6 Å². The minimum atomic E-state index is -0.00394. The number of furan rings is 1. The van der Waals surface area contributed by atoms with Crippen LogP contribution in [0.3, 0.4) is 0 Å². The number of rotatable bonds is 6. The van der Waals surface area contributed by atoms with Gasteiger partial charge in [0.1, 0.15) is 22.8 Å². The minimum Gasteiger partial charge on any atom is -0.460 e. The third kappa shape index (κ3) is 3.59. The standard InChI is InChI=1S/C25H20N4O3/c1-15-24(21(30)14-26-2)19-7-5-17(13-23(19)31-15)32-22-8-11-27-20-12-16(4-6-18(20)22)25-28-9-3-10-29-25/h3-13,26H,14H2,1-2H3. The van der Waals surface area contributed by atoms with Crippen LogP contribution in [-0.2, 0) is 0 Å². The summed E-state index contributed by atoms with van der Waals surface area (Å²) in [4.78, 5) is 25.5. The number of aromatic nitrogens is 3. The van der Waals surface area contributed by atoms with Crippen LogP contribution in [0.1, 0.15) is 16.1 Å². The number of hydrogen-bond acceptors (Lipinski definition) is 7. The molecule has 0 aliphatic rings. The number of fused-ring (bicyclic) bond motifs is 2. The van der Waals surface area contributed by atoms with Gasteiger partial charge in [0.25, 0.3) is 0 Å². The van der Waals surface area contributed by atoms with Gasteiger partial charge >= 0.3 is 0 Å². The van der Waals surface area contributed by atoms with E-state index in [4.69, 9.17) is 9.15 Å². The summed E-state index contributed by atoms with van der Waals surface area (Å²) in [6, 6.07) is 14.9. The molecular formula is C25H20N4O3. The third-order valence-electron chi connectivity index (χ3n) is 5.21. The molecule has 3 aromatic heterocycles. The largest absolute Gasteiger partial charge is 0.460 e. The van der Waals surface area contributed by atoms with Crippen LogP contribution in [0.4, 0.5) is 0 Å². The van der Waals surface area contributed by atoms with Gasteiger partial charge in [0.2, 0.25) is 0 Å². The van der Waals surface area contributed by atoms with Crippen LogP contribution in [0.2, 0.25) is 0 Å². The third-order valence-corrected chi connectivity index (χ3v) is 5.21. The molecule has 0 fully saturated rings. The van der Waals surface area contributed by atoms with Crippen molar-refractivity contribution in [2.45, 2.75) is 6.92 Å². The van der Waals surface area contributed by atoms with E-state index in [9.17, 15) is 4.79 Å². The summed E-state index contributed by atoms with van der Waals surface area (Å²) < 4.78 is 12.0. The first-order valence-corrected chi connectivity index (χ1v) is 10.2. The van der Waals surface area contributed by atoms with E-state index in [0.29, 0.717) is 34.2 Å². The molecule has 0 saturated heterocycles. The molecular weight excluding hydrogens is 404 g/mol. The van der Waals surface area contributed by atoms with Crippen LogP contribution in [0.5, 0.6) is 11.5 Å². The number of nitrogens with one attached hydrogen (secondary N) is 1. The zero-order chi connectivity index (χ0) is 22.1. The van der Waals surface area contributed by atoms with Crippen molar-refractivity contribution in [3.8, 4) is 22.9 Å². The molecule has 0 spiro atoms. The fourth-order valence-electron chi connectivity index (χ4n) is 3.78. The molecule has 0 bridgehead atoms. The molecule has 0 saturated carbocycles. The highest BCUT2D eigenvalue weighted by molar-refractivity contribution is 6.09. The summed E-state index contributed by atoms with van der Waals surface area (Å²) in [7, 11) is 1.75. The maximum atomic E-state index is 12.4. The molecule has 0 atom stereocenters. The molecule has 2 aromatic carbocycles. The number of ketones is 1. The van der Waals surface area contributed by atoms with Crippen molar-refractivity contribution in [3.63, 3.8) is 0 Å². The molecule has 158 valence electrons. The van der Waals surface area contributed by atoms with E-state index in [0.717, 1.165) is 21.9 Å². The lowest BCUT2D eigenvalue weighted by Gasteiger charge is -2.09. The fourth-order valence-corrected chi connectivity index (χ4v) is 3.78. The van der Waals surface area contributed by atoms with Gasteiger partial charge < -0.3 is 14.5 Å². The Bertz CT molecular complexity index is 1440. The molecule has 0 amide bonds. The maximum Gasteiger partial charge on any atom is 0.180 e. The second-order valence-electron chi connectivity index (χ2n) is 7.36. The monoisotopic (exact) mass is 424 g/mol. The number of ether oxygens (including phenoxy) is 1. The Balaban J connectivity index is 1.49. The van der Waals surface area contributed by atoms with Gasteiger partial charge in [0.15, 0.2) is 11.6 Å². The smallest absolute Gasteiger partial charge is 0.180 e. The molecule has 0 aliphatic carbocycles. The second-order valence-corrected chi connectivity index (χ2v) is 7.36. The summed E-state index contributed by atoms with van der Waals surface area (Å²) in [5.74, 6) is 2.52. The predicted molar refractivity (Wildman–Crippen MR) is 122 cm³/mol. The average Bonchev–Trinajstić information content (AvgIpc) is 3.14. The SMILES string of the molecule is CNCC(=O)c1c(C)oc2cc(Oc3ccnc4cc(-c5ncccn5)ccc34)ccc12. The van der Waals surface area contributed by atoms with Crippen LogP contribution in [0.25, 0.3) is 33.3 Å². The highest BCUT2D eigenvalue weighted by Crippen LogP contribution is 2.34. The van der Waals surface area contributed by atoms with Gasteiger partial charge in [0.05, 0.1) is 17.6 Å². The lowest BCUT2D eigenvalue weighted by molar-refractivity contribution is 0.0993. The summed E-state index contributed by atoms with van der Waals surface area (Å²) in [5, 5.41) is 4.54. The number of nitrogens with zero attached hydrogens (tertiary/aromatic N) is 3. The summed E-state index contributed by atoms with van der Waals surface area (Å²) >= 11 is 0. The Labute approximate surface area is 184 Å². The van der Waals surface area contributed by atoms with Crippen molar-refractivity contribution in [1.82, 2.24) is 20.3 Å². The van der Waals surface area contributed by atoms with Crippen molar-refractivity contribution in [1.29, 1.82) is 0 Å². The van der Waals surface area contributed by atoms with Crippen molar-refractivity contribution >= 4 is 27.7 Å². The molecule has 7 heteroatoms. The Hall–Kier alpha value is -4.10. The Morgan fingerprint density at radius 2 is 1.81 bits per heavy atom. The first kappa shape index (κ1) is 19.8. The predicted octanol–water partition coefficient (Wildman–Crippen LogP) is 4.94. The topological polar surface area (TPSA) is 90.1 Å². The van der Waals surface area contributed by atoms with Gasteiger partial charge in [-0.1, -0.05) is 6.07 Å². The lowest BCUT2D eigenvalue weighted by Crippen LogP contribution is -2.18. The zero-order valence-electron chi connectivity index (χ0n) is 17.6. The molecule has 5 aromatic rings. The molecule has 32 heavy (non-hydrogen) atoms. The van der Waals surface area contributed by atoms with Gasteiger partial charge in [0, 0.05) is 41.0 Å². The number of pyridine rings is 1. The number of hydrogen-bond donors (Lipinski definition) is 1. The van der Waals surface area contributed by atoms with E-state index in [2.05, 4.69) is 20.3 Å². The van der Waals surface area contributed by atoms with Gasteiger partial charge in [-0.25, -0.2) is 9.97 Å². The molecule has 0 radical (unpaired) electrons. The van der Waals surface area contributed by atoms with Crippen LogP contribution < -0.4 is 10.1 Å². The Morgan fingerprint density at radius 1 is 1.00 bits per heavy atom. The van der Waals surface area contributed by atoms with Gasteiger partial charge in [-0.3, -0.25) is 9.78 Å². The highest BCUT2D eigenvalue weighted by atomic mass is 16.5. The average molecular weight is 424 g/mol. The summed E-state index contributed by atoms with van der Waals surface area (Å²) in [6.07, 6.45) is 5.13. The second kappa shape index (κ2) is 8.20. The van der Waals surface area contributed by atoms with Crippen molar-refractivity contribution in [3.05, 3.63) is 78.4 Å². The van der Waals surface area contributed by atoms with Crippen LogP contribution in [0, 0.1) is 6.92 Å². The lowest BCUT2D eigenvalue weighted by atomic mass is 10.1. The van der Waals surface area contributed by atoms with Crippen LogP contribution >= 0.6 is 0 Å². The summed E-state index contributed by atoms with van der Waals surface area (Å²) in [6.45, 7) is 2.06. The minimum absolute atomic E-state index is 0.00394. The zero-order valence-corrected chi connectivity index (χ0v) is 17.6. The van der Waals surface area contributed by atoms with Gasteiger partial charge in [-0.15, -0.1) is 0 Å². The number of aryl methyl sites for hydroxylation is 1. The van der Waals surface area contributed by atoms with Crippen molar-refractivity contribution in [2.24, 2.45) is 0 Å². The first-order valence-electron chi connectivity index (χ1n) is 10.2. The number of Topliss-reactive ketones (excluding diaryl/α,β-unsaturated/α-hetero) is 1. The van der Waals surface area contributed by atoms with E-state index in [1.807, 2.05) is 36.4 Å². The highest BCUT2D eigenvalue weighted by Gasteiger charge is 2.18. The number of benzene rings is 2. The fraction of sp³-hybridized carbons (Fsp3) is 0.120. The number of carbonyl (C=O) groups is 1. The van der Waals surface area contributed by atoms with E-state index in [1.54, 1.807) is 44.7 Å². The van der Waals surface area contributed by atoms with E-state index in [-0.39, 0.29) is 12.3 Å². The van der Waals surface area contributed by atoms with Crippen LogP contribution in [0.15, 0.2) is 71.5 Å². The van der Waals surface area contributed by atoms with Crippen LogP contribution in [-0.4, -0.2) is 34.3 Å². The number of carbonyl (C=O) groups excluding carboxylic acids is 1. The number of likely N-dealkylation sites (N-methyl/N-ethyl adjacent to an activating group) is 1.